The second-order valence-electron chi connectivity index (χ2n) is 5.90. The minimum Gasteiger partial charge on any atom is -0.492 e. The van der Waals surface area contributed by atoms with Gasteiger partial charge < -0.3 is 14.5 Å². The number of carbonyl (C=O) groups is 1. The lowest BCUT2D eigenvalue weighted by atomic mass is 9.96. The number of ether oxygens (including phenoxy) is 1. The summed E-state index contributed by atoms with van der Waals surface area (Å²) in [5, 5.41) is 10.8. The summed E-state index contributed by atoms with van der Waals surface area (Å²) >= 11 is 0. The highest BCUT2D eigenvalue weighted by Gasteiger charge is 2.25. The van der Waals surface area contributed by atoms with E-state index in [1.807, 2.05) is 54.6 Å². The van der Waals surface area contributed by atoms with E-state index in [9.17, 15) is 4.79 Å². The minimum atomic E-state index is -0.216. The van der Waals surface area contributed by atoms with E-state index >= 15 is 0 Å². The maximum Gasteiger partial charge on any atom is 0.247 e. The van der Waals surface area contributed by atoms with Crippen LogP contribution in [0.3, 0.4) is 0 Å². The van der Waals surface area contributed by atoms with Gasteiger partial charge in [-0.2, -0.15) is 0 Å². The molecular weight excluding hydrogens is 318 g/mol. The van der Waals surface area contributed by atoms with Crippen LogP contribution in [-0.4, -0.2) is 22.7 Å². The van der Waals surface area contributed by atoms with Crippen molar-refractivity contribution < 1.29 is 13.9 Å². The van der Waals surface area contributed by atoms with E-state index in [-0.39, 0.29) is 18.4 Å². The molecule has 1 aliphatic rings. The number of para-hydroxylation sites is 1. The lowest BCUT2D eigenvalue weighted by Gasteiger charge is -2.24. The number of hydrogen-bond acceptors (Lipinski definition) is 5. The van der Waals surface area contributed by atoms with Crippen LogP contribution < -0.4 is 10.1 Å². The maximum absolute atomic E-state index is 12.4. The number of benzene rings is 2. The first kappa shape index (κ1) is 15.4. The first-order valence-electron chi connectivity index (χ1n) is 8.16. The van der Waals surface area contributed by atoms with Gasteiger partial charge in [0.15, 0.2) is 0 Å². The molecule has 0 saturated carbocycles. The van der Waals surface area contributed by atoms with Crippen molar-refractivity contribution in [2.24, 2.45) is 5.92 Å². The largest absolute Gasteiger partial charge is 0.492 e. The van der Waals surface area contributed by atoms with Gasteiger partial charge in [-0.25, -0.2) is 0 Å². The van der Waals surface area contributed by atoms with Crippen molar-refractivity contribution in [2.75, 3.05) is 6.61 Å². The average molecular weight is 335 g/mol. The molecule has 0 radical (unpaired) electrons. The van der Waals surface area contributed by atoms with Crippen molar-refractivity contribution in [1.29, 1.82) is 0 Å². The van der Waals surface area contributed by atoms with Gasteiger partial charge in [0.1, 0.15) is 12.4 Å². The summed E-state index contributed by atoms with van der Waals surface area (Å²) in [6.45, 7) is 0.582. The third kappa shape index (κ3) is 3.38. The van der Waals surface area contributed by atoms with Crippen LogP contribution in [-0.2, 0) is 17.8 Å². The number of nitrogens with zero attached hydrogens (tertiary/aromatic N) is 2. The summed E-state index contributed by atoms with van der Waals surface area (Å²) in [4.78, 5) is 12.4. The van der Waals surface area contributed by atoms with Crippen LogP contribution in [0.1, 0.15) is 11.5 Å². The van der Waals surface area contributed by atoms with E-state index in [2.05, 4.69) is 15.5 Å². The zero-order valence-corrected chi connectivity index (χ0v) is 13.5. The SMILES string of the molecule is O=C(NCc1nnc(-c2ccccc2)o1)[C@H]1COc2ccccc2C1. The zero-order valence-electron chi connectivity index (χ0n) is 13.5. The molecule has 0 spiro atoms. The van der Waals surface area contributed by atoms with Gasteiger partial charge in [-0.05, 0) is 30.2 Å². The molecule has 0 bridgehead atoms. The van der Waals surface area contributed by atoms with Gasteiger partial charge in [-0.1, -0.05) is 36.4 Å². The van der Waals surface area contributed by atoms with Crippen molar-refractivity contribution in [3.8, 4) is 17.2 Å². The molecule has 2 aromatic carbocycles. The normalized spacial score (nSPS) is 15.9. The van der Waals surface area contributed by atoms with Crippen LogP contribution in [0, 0.1) is 5.92 Å². The van der Waals surface area contributed by atoms with Gasteiger partial charge in [0.25, 0.3) is 0 Å². The Morgan fingerprint density at radius 2 is 1.88 bits per heavy atom. The van der Waals surface area contributed by atoms with Gasteiger partial charge in [-0.3, -0.25) is 4.79 Å². The fraction of sp³-hybridized carbons (Fsp3) is 0.211. The Balaban J connectivity index is 1.36. The van der Waals surface area contributed by atoms with E-state index in [4.69, 9.17) is 9.15 Å². The number of amides is 1. The summed E-state index contributed by atoms with van der Waals surface area (Å²) in [5.41, 5.74) is 1.91. The molecule has 0 saturated heterocycles. The number of hydrogen-bond donors (Lipinski definition) is 1. The molecule has 1 amide bonds. The Bertz CT molecular complexity index is 876. The predicted molar refractivity (Wildman–Crippen MR) is 90.7 cm³/mol. The Morgan fingerprint density at radius 1 is 1.08 bits per heavy atom. The molecule has 0 unspecified atom stereocenters. The molecule has 1 aromatic heterocycles. The molecule has 4 rings (SSSR count). The summed E-state index contributed by atoms with van der Waals surface area (Å²) in [6, 6.07) is 17.3. The van der Waals surface area contributed by atoms with E-state index in [0.717, 1.165) is 16.9 Å². The summed E-state index contributed by atoms with van der Waals surface area (Å²) in [7, 11) is 0. The second kappa shape index (κ2) is 6.76. The Labute approximate surface area is 144 Å². The van der Waals surface area contributed by atoms with Gasteiger partial charge in [0.2, 0.25) is 17.7 Å². The average Bonchev–Trinajstić information content (AvgIpc) is 3.15. The number of rotatable bonds is 4. The van der Waals surface area contributed by atoms with Crippen LogP contribution in [0.15, 0.2) is 59.0 Å². The molecule has 6 heteroatoms. The van der Waals surface area contributed by atoms with Crippen molar-refractivity contribution in [3.05, 3.63) is 66.1 Å². The number of carbonyl (C=O) groups excluding carboxylic acids is 1. The summed E-state index contributed by atoms with van der Waals surface area (Å²) in [6.07, 6.45) is 0.668. The molecule has 3 aromatic rings. The van der Waals surface area contributed by atoms with E-state index < -0.39 is 0 Å². The van der Waals surface area contributed by atoms with Crippen LogP contribution in [0.5, 0.6) is 5.75 Å². The van der Waals surface area contributed by atoms with Gasteiger partial charge >= 0.3 is 0 Å². The number of nitrogens with one attached hydrogen (secondary N) is 1. The summed E-state index contributed by atoms with van der Waals surface area (Å²) in [5.74, 6) is 1.39. The fourth-order valence-corrected chi connectivity index (χ4v) is 2.83. The third-order valence-electron chi connectivity index (χ3n) is 4.15. The summed E-state index contributed by atoms with van der Waals surface area (Å²) < 4.78 is 11.3. The molecule has 1 aliphatic heterocycles. The monoisotopic (exact) mass is 335 g/mol. The third-order valence-corrected chi connectivity index (χ3v) is 4.15. The lowest BCUT2D eigenvalue weighted by molar-refractivity contribution is -0.126. The number of fused-ring (bicyclic) bond motifs is 1. The highest BCUT2D eigenvalue weighted by atomic mass is 16.5. The number of aromatic nitrogens is 2. The van der Waals surface area contributed by atoms with Crippen LogP contribution >= 0.6 is 0 Å². The molecule has 1 N–H and O–H groups in total. The predicted octanol–water partition coefficient (Wildman–Crippen LogP) is 2.60. The maximum atomic E-state index is 12.4. The van der Waals surface area contributed by atoms with Crippen molar-refractivity contribution >= 4 is 5.91 Å². The van der Waals surface area contributed by atoms with Crippen molar-refractivity contribution in [3.63, 3.8) is 0 Å². The van der Waals surface area contributed by atoms with Crippen molar-refractivity contribution in [1.82, 2.24) is 15.5 Å². The van der Waals surface area contributed by atoms with E-state index in [1.165, 1.54) is 0 Å². The van der Waals surface area contributed by atoms with Gasteiger partial charge in [0.05, 0.1) is 12.5 Å². The van der Waals surface area contributed by atoms with E-state index in [0.29, 0.717) is 24.8 Å². The highest BCUT2D eigenvalue weighted by Crippen LogP contribution is 2.26. The molecular formula is C19H17N3O3. The quantitative estimate of drug-likeness (QED) is 0.793. The fourth-order valence-electron chi connectivity index (χ4n) is 2.83. The molecule has 0 aliphatic carbocycles. The molecule has 6 nitrogen and oxygen atoms in total. The Hall–Kier alpha value is -3.15. The lowest BCUT2D eigenvalue weighted by Crippen LogP contribution is -2.37. The Morgan fingerprint density at radius 3 is 2.76 bits per heavy atom. The first-order valence-corrected chi connectivity index (χ1v) is 8.16. The van der Waals surface area contributed by atoms with Gasteiger partial charge in [0, 0.05) is 5.56 Å². The highest BCUT2D eigenvalue weighted by molar-refractivity contribution is 5.79. The smallest absolute Gasteiger partial charge is 0.247 e. The van der Waals surface area contributed by atoms with Crippen LogP contribution in [0.25, 0.3) is 11.5 Å². The molecule has 2 heterocycles. The van der Waals surface area contributed by atoms with Crippen molar-refractivity contribution in [2.45, 2.75) is 13.0 Å². The molecule has 1 atom stereocenters. The molecule has 0 fully saturated rings. The van der Waals surface area contributed by atoms with Crippen LogP contribution in [0.2, 0.25) is 0 Å². The minimum absolute atomic E-state index is 0.0750. The molecule has 25 heavy (non-hydrogen) atoms. The van der Waals surface area contributed by atoms with E-state index in [1.54, 1.807) is 0 Å². The topological polar surface area (TPSA) is 77.3 Å². The zero-order chi connectivity index (χ0) is 17.1. The standard InChI is InChI=1S/C19H17N3O3/c23-18(15-10-14-8-4-5-9-16(14)24-12-15)20-11-17-21-22-19(25-17)13-6-2-1-3-7-13/h1-9,15H,10-12H2,(H,20,23)/t15-/m1/s1. The molecule has 126 valence electrons. The Kier molecular flexibility index (Phi) is 4.16. The first-order chi connectivity index (χ1) is 12.3. The second-order valence-corrected chi connectivity index (χ2v) is 5.90. The van der Waals surface area contributed by atoms with Gasteiger partial charge in [-0.15, -0.1) is 10.2 Å². The van der Waals surface area contributed by atoms with Crippen LogP contribution in [0.4, 0.5) is 0 Å².